The Morgan fingerprint density at radius 2 is 2.28 bits per heavy atom. The molecule has 1 saturated carbocycles. The lowest BCUT2D eigenvalue weighted by Gasteiger charge is -2.40. The highest BCUT2D eigenvalue weighted by molar-refractivity contribution is 9.10. The minimum absolute atomic E-state index is 0.160. The quantitative estimate of drug-likeness (QED) is 0.926. The molecule has 0 aromatic heterocycles. The topological polar surface area (TPSA) is 45.0 Å². The van der Waals surface area contributed by atoms with E-state index in [-0.39, 0.29) is 10.1 Å². The first kappa shape index (κ1) is 13.3. The van der Waals surface area contributed by atoms with Gasteiger partial charge in [0.25, 0.3) is 0 Å². The van der Waals surface area contributed by atoms with Crippen LogP contribution in [0.15, 0.2) is 16.6 Å². The van der Waals surface area contributed by atoms with Crippen LogP contribution in [-0.2, 0) is 4.74 Å². The first-order valence-corrected chi connectivity index (χ1v) is 6.58. The highest BCUT2D eigenvalue weighted by Crippen LogP contribution is 2.35. The number of nitrogens with zero attached hydrogens (tertiary/aromatic N) is 1. The molecule has 0 spiro atoms. The summed E-state index contributed by atoms with van der Waals surface area (Å²) in [6, 6.07) is 5.11. The largest absolute Gasteiger partial charge is 0.380 e. The maximum atomic E-state index is 13.9. The average molecular weight is 313 g/mol. The molecule has 1 fully saturated rings. The van der Waals surface area contributed by atoms with Crippen LogP contribution in [0.25, 0.3) is 0 Å². The van der Waals surface area contributed by atoms with Crippen molar-refractivity contribution in [3.05, 3.63) is 28.0 Å². The van der Waals surface area contributed by atoms with E-state index in [1.807, 2.05) is 6.07 Å². The smallest absolute Gasteiger partial charge is 0.161 e. The molecule has 0 amide bonds. The molecule has 2 rings (SSSR count). The van der Waals surface area contributed by atoms with Gasteiger partial charge in [-0.05, 0) is 47.3 Å². The molecule has 0 heterocycles. The van der Waals surface area contributed by atoms with Gasteiger partial charge in [0.05, 0.1) is 21.3 Å². The van der Waals surface area contributed by atoms with Gasteiger partial charge in [-0.1, -0.05) is 0 Å². The molecule has 1 aromatic carbocycles. The fourth-order valence-corrected chi connectivity index (χ4v) is 2.49. The van der Waals surface area contributed by atoms with Crippen molar-refractivity contribution >= 4 is 21.6 Å². The fourth-order valence-electron chi connectivity index (χ4n) is 2.05. The van der Waals surface area contributed by atoms with Crippen LogP contribution in [0.2, 0.25) is 0 Å². The molecule has 0 saturated heterocycles. The van der Waals surface area contributed by atoms with Crippen LogP contribution >= 0.6 is 15.9 Å². The number of nitriles is 1. The maximum absolute atomic E-state index is 13.9. The molecule has 0 aliphatic heterocycles. The van der Waals surface area contributed by atoms with Crippen LogP contribution in [0.1, 0.15) is 24.8 Å². The van der Waals surface area contributed by atoms with E-state index in [0.29, 0.717) is 17.8 Å². The average Bonchev–Trinajstić information content (AvgIpc) is 2.33. The molecule has 0 bridgehead atoms. The summed E-state index contributed by atoms with van der Waals surface area (Å²) in [5.74, 6) is -0.431. The maximum Gasteiger partial charge on any atom is 0.161 e. The van der Waals surface area contributed by atoms with Crippen LogP contribution < -0.4 is 5.32 Å². The number of benzene rings is 1. The van der Waals surface area contributed by atoms with Gasteiger partial charge in [-0.2, -0.15) is 5.26 Å². The molecule has 96 valence electrons. The van der Waals surface area contributed by atoms with Gasteiger partial charge in [-0.15, -0.1) is 0 Å². The van der Waals surface area contributed by atoms with E-state index in [1.54, 1.807) is 19.2 Å². The van der Waals surface area contributed by atoms with Crippen LogP contribution in [-0.4, -0.2) is 19.3 Å². The van der Waals surface area contributed by atoms with Gasteiger partial charge >= 0.3 is 0 Å². The van der Waals surface area contributed by atoms with Crippen molar-refractivity contribution in [2.24, 2.45) is 0 Å². The monoisotopic (exact) mass is 312 g/mol. The van der Waals surface area contributed by atoms with Crippen LogP contribution in [0.3, 0.4) is 0 Å². The lowest BCUT2D eigenvalue weighted by atomic mass is 9.80. The molecule has 18 heavy (non-hydrogen) atoms. The Morgan fingerprint density at radius 3 is 2.78 bits per heavy atom. The Bertz CT molecular complexity index is 489. The Morgan fingerprint density at radius 1 is 1.56 bits per heavy atom. The zero-order valence-corrected chi connectivity index (χ0v) is 11.7. The zero-order chi connectivity index (χ0) is 13.2. The predicted octanol–water partition coefficient (Wildman–Crippen LogP) is 3.44. The molecule has 1 aliphatic carbocycles. The van der Waals surface area contributed by atoms with Crippen LogP contribution in [0, 0.1) is 17.1 Å². The molecule has 3 nitrogen and oxygen atoms in total. The molecule has 1 aromatic rings. The Labute approximate surface area is 114 Å². The van der Waals surface area contributed by atoms with Crippen LogP contribution in [0.4, 0.5) is 10.1 Å². The van der Waals surface area contributed by atoms with E-state index < -0.39 is 5.82 Å². The van der Waals surface area contributed by atoms with E-state index in [2.05, 4.69) is 21.2 Å². The van der Waals surface area contributed by atoms with E-state index in [9.17, 15) is 4.39 Å². The summed E-state index contributed by atoms with van der Waals surface area (Å²) < 4.78 is 19.6. The highest BCUT2D eigenvalue weighted by atomic mass is 79.9. The second-order valence-electron chi connectivity index (χ2n) is 4.49. The van der Waals surface area contributed by atoms with Gasteiger partial charge < -0.3 is 10.1 Å². The van der Waals surface area contributed by atoms with Gasteiger partial charge in [-0.3, -0.25) is 0 Å². The summed E-state index contributed by atoms with van der Waals surface area (Å²) in [7, 11) is 1.69. The summed E-state index contributed by atoms with van der Waals surface area (Å²) in [6.07, 6.45) is 3.14. The Hall–Kier alpha value is -1.12. The summed E-state index contributed by atoms with van der Waals surface area (Å²) in [6.45, 7) is 0.582. The third-order valence-corrected chi connectivity index (χ3v) is 4.28. The minimum Gasteiger partial charge on any atom is -0.380 e. The van der Waals surface area contributed by atoms with Gasteiger partial charge in [-0.25, -0.2) is 4.39 Å². The molecule has 5 heteroatoms. The Balaban J connectivity index is 2.11. The lowest BCUT2D eigenvalue weighted by Crippen LogP contribution is -2.45. The predicted molar refractivity (Wildman–Crippen MR) is 70.9 cm³/mol. The fraction of sp³-hybridized carbons (Fsp3) is 0.462. The normalized spacial score (nSPS) is 16.8. The molecular formula is C13H14BrFN2O. The second kappa shape index (κ2) is 5.25. The van der Waals surface area contributed by atoms with Gasteiger partial charge in [0.2, 0.25) is 0 Å². The molecule has 0 radical (unpaired) electrons. The molecule has 1 aliphatic rings. The first-order chi connectivity index (χ1) is 8.62. The van der Waals surface area contributed by atoms with E-state index in [0.717, 1.165) is 19.3 Å². The van der Waals surface area contributed by atoms with Crippen molar-refractivity contribution in [2.45, 2.75) is 24.9 Å². The zero-order valence-electron chi connectivity index (χ0n) is 10.1. The van der Waals surface area contributed by atoms with Crippen molar-refractivity contribution in [2.75, 3.05) is 19.0 Å². The molecular weight excluding hydrogens is 299 g/mol. The van der Waals surface area contributed by atoms with Crippen molar-refractivity contribution in [3.63, 3.8) is 0 Å². The number of methoxy groups -OCH3 is 1. The van der Waals surface area contributed by atoms with Crippen molar-refractivity contribution in [3.8, 4) is 6.07 Å². The summed E-state index contributed by atoms with van der Waals surface area (Å²) in [5, 5.41) is 11.9. The van der Waals surface area contributed by atoms with E-state index in [4.69, 9.17) is 10.00 Å². The number of hydrogen-bond acceptors (Lipinski definition) is 3. The second-order valence-corrected chi connectivity index (χ2v) is 5.29. The number of nitrogens with one attached hydrogen (secondary N) is 1. The minimum atomic E-state index is -0.431. The summed E-state index contributed by atoms with van der Waals surface area (Å²) in [4.78, 5) is 0. The Kier molecular flexibility index (Phi) is 3.88. The number of anilines is 1. The van der Waals surface area contributed by atoms with E-state index >= 15 is 0 Å². The van der Waals surface area contributed by atoms with E-state index in [1.165, 1.54) is 0 Å². The van der Waals surface area contributed by atoms with Gasteiger partial charge in [0, 0.05) is 13.7 Å². The first-order valence-electron chi connectivity index (χ1n) is 5.79. The molecule has 1 N–H and O–H groups in total. The lowest BCUT2D eigenvalue weighted by molar-refractivity contribution is -0.0601. The van der Waals surface area contributed by atoms with Crippen LogP contribution in [0.5, 0.6) is 0 Å². The number of hydrogen-bond donors (Lipinski definition) is 1. The highest BCUT2D eigenvalue weighted by Gasteiger charge is 2.36. The van der Waals surface area contributed by atoms with Gasteiger partial charge in [0.1, 0.15) is 6.07 Å². The third-order valence-electron chi connectivity index (χ3n) is 3.50. The third kappa shape index (κ3) is 2.36. The molecule has 0 atom stereocenters. The summed E-state index contributed by atoms with van der Waals surface area (Å²) in [5.41, 5.74) is 0.527. The van der Waals surface area contributed by atoms with Crippen molar-refractivity contribution < 1.29 is 9.13 Å². The molecule has 0 unspecified atom stereocenters. The van der Waals surface area contributed by atoms with Gasteiger partial charge in [0.15, 0.2) is 5.82 Å². The van der Waals surface area contributed by atoms with Crippen molar-refractivity contribution in [1.82, 2.24) is 0 Å². The van der Waals surface area contributed by atoms with Crippen molar-refractivity contribution in [1.29, 1.82) is 5.26 Å². The summed E-state index contributed by atoms with van der Waals surface area (Å²) >= 11 is 3.09. The number of ether oxygens (including phenoxy) is 1. The standard InChI is InChI=1S/C13H14BrFN2O/c1-18-13(5-2-6-13)8-17-10-4-3-9(7-16)11(14)12(10)15/h3-4,17H,2,5-6,8H2,1H3. The SMILES string of the molecule is COC1(CNc2ccc(C#N)c(Br)c2F)CCC1. The number of rotatable bonds is 4. The number of halogens is 2.